The molecule has 1 aliphatic rings. The van der Waals surface area contributed by atoms with Crippen LogP contribution in [0, 0.1) is 6.92 Å². The number of carbonyl (C=O) groups excluding carboxylic acids is 1. The van der Waals surface area contributed by atoms with Gasteiger partial charge >= 0.3 is 0 Å². The Hall–Kier alpha value is -1.82. The summed E-state index contributed by atoms with van der Waals surface area (Å²) in [4.78, 5) is 20.4. The molecule has 1 aromatic carbocycles. The molecule has 0 saturated carbocycles. The van der Waals surface area contributed by atoms with E-state index in [1.807, 2.05) is 26.1 Å². The van der Waals surface area contributed by atoms with Gasteiger partial charge in [-0.15, -0.1) is 11.3 Å². The Balaban J connectivity index is 2.00. The van der Waals surface area contributed by atoms with Gasteiger partial charge in [0.25, 0.3) is 0 Å². The number of nitrogens with zero attached hydrogens (tertiary/aromatic N) is 3. The molecule has 2 heterocycles. The summed E-state index contributed by atoms with van der Waals surface area (Å²) in [6.07, 6.45) is 0.954. The zero-order valence-corrected chi connectivity index (χ0v) is 12.5. The minimum absolute atomic E-state index is 0.136. The molecule has 1 saturated heterocycles. The highest BCUT2D eigenvalue weighted by Crippen LogP contribution is 2.32. The molecule has 0 atom stereocenters. The third-order valence-electron chi connectivity index (χ3n) is 3.66. The lowest BCUT2D eigenvalue weighted by Crippen LogP contribution is -2.34. The number of likely N-dealkylation sites (N-methyl/N-ethyl adjacent to an activating group) is 1. The Morgan fingerprint density at radius 1 is 1.35 bits per heavy atom. The predicted molar refractivity (Wildman–Crippen MR) is 83.2 cm³/mol. The van der Waals surface area contributed by atoms with E-state index in [4.69, 9.17) is 5.73 Å². The van der Waals surface area contributed by atoms with E-state index < -0.39 is 0 Å². The van der Waals surface area contributed by atoms with Crippen molar-refractivity contribution < 1.29 is 4.79 Å². The van der Waals surface area contributed by atoms with Crippen molar-refractivity contribution in [2.75, 3.05) is 37.3 Å². The van der Waals surface area contributed by atoms with Crippen molar-refractivity contribution >= 4 is 38.8 Å². The van der Waals surface area contributed by atoms with Gasteiger partial charge in [0.15, 0.2) is 0 Å². The van der Waals surface area contributed by atoms with E-state index in [9.17, 15) is 4.79 Å². The number of amides is 1. The number of hydrogen-bond donors (Lipinski definition) is 1. The van der Waals surface area contributed by atoms with E-state index in [1.165, 1.54) is 0 Å². The highest BCUT2D eigenvalue weighted by molar-refractivity contribution is 7.18. The molecule has 106 valence electrons. The van der Waals surface area contributed by atoms with Gasteiger partial charge in [-0.2, -0.15) is 0 Å². The van der Waals surface area contributed by atoms with Crippen molar-refractivity contribution in [1.82, 2.24) is 9.88 Å². The van der Waals surface area contributed by atoms with Crippen LogP contribution in [0.3, 0.4) is 0 Å². The number of fused-ring (bicyclic) bond motifs is 1. The first-order chi connectivity index (χ1) is 9.54. The number of aryl methyl sites for hydroxylation is 1. The normalized spacial score (nSPS) is 16.8. The zero-order valence-electron chi connectivity index (χ0n) is 11.7. The molecule has 0 spiro atoms. The maximum atomic E-state index is 12.0. The SMILES string of the molecule is Cc1nc2cc(N3CCCN(C)C(=O)C3)c(N)cc2s1. The second kappa shape index (κ2) is 4.94. The van der Waals surface area contributed by atoms with Crippen LogP contribution in [0.2, 0.25) is 0 Å². The number of anilines is 2. The summed E-state index contributed by atoms with van der Waals surface area (Å²) < 4.78 is 1.10. The van der Waals surface area contributed by atoms with Gasteiger partial charge < -0.3 is 15.5 Å². The Kier molecular flexibility index (Phi) is 3.25. The number of hydrogen-bond acceptors (Lipinski definition) is 5. The summed E-state index contributed by atoms with van der Waals surface area (Å²) in [6, 6.07) is 3.97. The van der Waals surface area contributed by atoms with E-state index in [-0.39, 0.29) is 5.91 Å². The maximum Gasteiger partial charge on any atom is 0.241 e. The molecular weight excluding hydrogens is 272 g/mol. The number of carbonyl (C=O) groups is 1. The summed E-state index contributed by atoms with van der Waals surface area (Å²) in [5.74, 6) is 0.136. The highest BCUT2D eigenvalue weighted by atomic mass is 32.1. The van der Waals surface area contributed by atoms with Gasteiger partial charge in [-0.25, -0.2) is 4.98 Å². The van der Waals surface area contributed by atoms with Crippen LogP contribution in [0.4, 0.5) is 11.4 Å². The molecule has 2 N–H and O–H groups in total. The Morgan fingerprint density at radius 3 is 2.95 bits per heavy atom. The molecule has 1 aliphatic heterocycles. The first-order valence-electron chi connectivity index (χ1n) is 6.70. The molecule has 3 rings (SSSR count). The topological polar surface area (TPSA) is 62.5 Å². The summed E-state index contributed by atoms with van der Waals surface area (Å²) in [6.45, 7) is 4.02. The standard InChI is InChI=1S/C14H18N4OS/c1-9-16-11-7-12(10(15)6-13(11)20-9)18-5-3-4-17(2)14(19)8-18/h6-7H,3-5,8,15H2,1-2H3. The molecule has 1 fully saturated rings. The van der Waals surface area contributed by atoms with Crippen LogP contribution in [0.1, 0.15) is 11.4 Å². The van der Waals surface area contributed by atoms with Crippen molar-refractivity contribution in [3.8, 4) is 0 Å². The zero-order chi connectivity index (χ0) is 14.3. The first kappa shape index (κ1) is 13.2. The fourth-order valence-electron chi connectivity index (χ4n) is 2.56. The van der Waals surface area contributed by atoms with Crippen LogP contribution in [0.5, 0.6) is 0 Å². The maximum absolute atomic E-state index is 12.0. The molecule has 0 radical (unpaired) electrons. The van der Waals surface area contributed by atoms with Gasteiger partial charge in [0.2, 0.25) is 5.91 Å². The minimum Gasteiger partial charge on any atom is -0.397 e. The third-order valence-corrected chi connectivity index (χ3v) is 4.59. The van der Waals surface area contributed by atoms with E-state index in [0.29, 0.717) is 6.54 Å². The number of benzene rings is 1. The van der Waals surface area contributed by atoms with E-state index in [0.717, 1.165) is 46.1 Å². The molecule has 2 aromatic rings. The fourth-order valence-corrected chi connectivity index (χ4v) is 3.42. The quantitative estimate of drug-likeness (QED) is 0.814. The third kappa shape index (κ3) is 2.31. The Bertz CT molecular complexity index is 666. The van der Waals surface area contributed by atoms with Crippen LogP contribution >= 0.6 is 11.3 Å². The van der Waals surface area contributed by atoms with Crippen molar-refractivity contribution in [1.29, 1.82) is 0 Å². The number of rotatable bonds is 1. The largest absolute Gasteiger partial charge is 0.397 e. The number of aromatic nitrogens is 1. The monoisotopic (exact) mass is 290 g/mol. The Morgan fingerprint density at radius 2 is 2.15 bits per heavy atom. The molecule has 5 nitrogen and oxygen atoms in total. The van der Waals surface area contributed by atoms with Crippen molar-refractivity contribution in [2.24, 2.45) is 0 Å². The van der Waals surface area contributed by atoms with E-state index in [1.54, 1.807) is 16.2 Å². The number of nitrogens with two attached hydrogens (primary N) is 1. The molecule has 0 aliphatic carbocycles. The predicted octanol–water partition coefficient (Wildman–Crippen LogP) is 1.86. The van der Waals surface area contributed by atoms with Crippen LogP contribution in [-0.4, -0.2) is 42.5 Å². The summed E-state index contributed by atoms with van der Waals surface area (Å²) in [5.41, 5.74) is 8.77. The lowest BCUT2D eigenvalue weighted by Gasteiger charge is -2.23. The molecule has 1 aromatic heterocycles. The molecule has 0 bridgehead atoms. The van der Waals surface area contributed by atoms with Crippen LogP contribution in [-0.2, 0) is 4.79 Å². The van der Waals surface area contributed by atoms with Gasteiger partial charge in [-0.05, 0) is 25.5 Å². The summed E-state index contributed by atoms with van der Waals surface area (Å²) >= 11 is 1.64. The summed E-state index contributed by atoms with van der Waals surface area (Å²) in [5, 5.41) is 1.03. The number of thiazole rings is 1. The highest BCUT2D eigenvalue weighted by Gasteiger charge is 2.21. The van der Waals surface area contributed by atoms with Gasteiger partial charge in [0.05, 0.1) is 33.1 Å². The van der Waals surface area contributed by atoms with Crippen molar-refractivity contribution in [2.45, 2.75) is 13.3 Å². The molecule has 0 unspecified atom stereocenters. The molecular formula is C14H18N4OS. The average Bonchev–Trinajstić information content (AvgIpc) is 2.66. The molecule has 20 heavy (non-hydrogen) atoms. The van der Waals surface area contributed by atoms with Crippen molar-refractivity contribution in [3.63, 3.8) is 0 Å². The van der Waals surface area contributed by atoms with Crippen LogP contribution < -0.4 is 10.6 Å². The lowest BCUT2D eigenvalue weighted by molar-refractivity contribution is -0.127. The van der Waals surface area contributed by atoms with E-state index >= 15 is 0 Å². The van der Waals surface area contributed by atoms with Gasteiger partial charge in [0.1, 0.15) is 0 Å². The second-order valence-electron chi connectivity index (χ2n) is 5.20. The number of nitrogen functional groups attached to an aromatic ring is 1. The fraction of sp³-hybridized carbons (Fsp3) is 0.429. The van der Waals surface area contributed by atoms with Gasteiger partial charge in [-0.1, -0.05) is 0 Å². The Labute approximate surface area is 122 Å². The van der Waals surface area contributed by atoms with E-state index in [2.05, 4.69) is 9.88 Å². The smallest absolute Gasteiger partial charge is 0.241 e. The van der Waals surface area contributed by atoms with Gasteiger partial charge in [0, 0.05) is 20.1 Å². The first-order valence-corrected chi connectivity index (χ1v) is 7.52. The minimum atomic E-state index is 0.136. The van der Waals surface area contributed by atoms with Crippen LogP contribution in [0.15, 0.2) is 12.1 Å². The second-order valence-corrected chi connectivity index (χ2v) is 6.44. The van der Waals surface area contributed by atoms with Crippen molar-refractivity contribution in [3.05, 3.63) is 17.1 Å². The van der Waals surface area contributed by atoms with Gasteiger partial charge in [-0.3, -0.25) is 4.79 Å². The summed E-state index contributed by atoms with van der Waals surface area (Å²) in [7, 11) is 1.85. The molecule has 6 heteroatoms. The average molecular weight is 290 g/mol. The van der Waals surface area contributed by atoms with Crippen LogP contribution in [0.25, 0.3) is 10.2 Å². The lowest BCUT2D eigenvalue weighted by atomic mass is 10.2. The molecule has 1 amide bonds.